The van der Waals surface area contributed by atoms with Crippen LogP contribution in [0.4, 0.5) is 4.39 Å². The number of piperidine rings is 1. The van der Waals surface area contributed by atoms with Gasteiger partial charge < -0.3 is 4.74 Å². The summed E-state index contributed by atoms with van der Waals surface area (Å²) < 4.78 is 21.5. The van der Waals surface area contributed by atoms with Gasteiger partial charge in [-0.05, 0) is 55.0 Å². The van der Waals surface area contributed by atoms with Crippen LogP contribution in [-0.2, 0) is 17.9 Å². The van der Waals surface area contributed by atoms with E-state index in [4.69, 9.17) is 10.00 Å². The zero-order chi connectivity index (χ0) is 23.1. The highest BCUT2D eigenvalue weighted by Gasteiger charge is 2.32. The first kappa shape index (κ1) is 21.2. The van der Waals surface area contributed by atoms with Crippen molar-refractivity contribution in [2.24, 2.45) is 0 Å². The summed E-state index contributed by atoms with van der Waals surface area (Å²) in [5, 5.41) is 17.5. The number of hydrogen-bond donors (Lipinski definition) is 0. The Kier molecular flexibility index (Phi) is 5.38. The number of esters is 1. The molecule has 0 amide bonds. The van der Waals surface area contributed by atoms with Crippen LogP contribution in [0.5, 0.6) is 0 Å². The lowest BCUT2D eigenvalue weighted by Crippen LogP contribution is -2.40. The van der Waals surface area contributed by atoms with E-state index in [-0.39, 0.29) is 18.5 Å². The van der Waals surface area contributed by atoms with Gasteiger partial charge in [0.25, 0.3) is 0 Å². The maximum absolute atomic E-state index is 14.7. The van der Waals surface area contributed by atoms with Crippen LogP contribution in [0.15, 0.2) is 30.6 Å². The number of aryl methyl sites for hydroxylation is 1. The van der Waals surface area contributed by atoms with Crippen LogP contribution < -0.4 is 0 Å². The molecule has 1 aromatic carbocycles. The van der Waals surface area contributed by atoms with Gasteiger partial charge in [0.2, 0.25) is 0 Å². The highest BCUT2D eigenvalue weighted by atomic mass is 19.1. The quantitative estimate of drug-likeness (QED) is 0.568. The predicted molar refractivity (Wildman–Crippen MR) is 116 cm³/mol. The molecule has 2 aliphatic heterocycles. The Hall–Kier alpha value is -3.64. The van der Waals surface area contributed by atoms with Crippen molar-refractivity contribution < 1.29 is 13.9 Å². The minimum Gasteiger partial charge on any atom is -0.457 e. The zero-order valence-electron chi connectivity index (χ0n) is 18.5. The number of nitrogens with zero attached hydrogens (tertiary/aromatic N) is 6. The Labute approximate surface area is 190 Å². The van der Waals surface area contributed by atoms with E-state index in [0.29, 0.717) is 43.0 Å². The molecule has 0 radical (unpaired) electrons. The third-order valence-corrected chi connectivity index (χ3v) is 6.50. The number of nitriles is 1. The van der Waals surface area contributed by atoms with Crippen molar-refractivity contribution in [1.82, 2.24) is 24.9 Å². The van der Waals surface area contributed by atoms with Gasteiger partial charge >= 0.3 is 5.97 Å². The molecule has 1 saturated heterocycles. The molecule has 4 heterocycles. The molecule has 2 aliphatic rings. The van der Waals surface area contributed by atoms with Crippen LogP contribution in [0.1, 0.15) is 56.2 Å². The Balaban J connectivity index is 1.33. The number of cyclic esters (lactones) is 1. The lowest BCUT2D eigenvalue weighted by atomic mass is 9.84. The van der Waals surface area contributed by atoms with Crippen molar-refractivity contribution in [3.8, 4) is 11.9 Å². The SMILES string of the molecule is Cc1cc(-n2cc(CN3CC(F)CC(c4ccc5c(c4C)COC5=O)C3)nn2)ncc1C#N. The molecule has 168 valence electrons. The molecule has 2 unspecified atom stereocenters. The molecule has 9 heteroatoms. The number of benzene rings is 1. The molecule has 33 heavy (non-hydrogen) atoms. The minimum atomic E-state index is -0.952. The fourth-order valence-electron chi connectivity index (χ4n) is 4.78. The normalized spacial score (nSPS) is 20.4. The molecule has 0 saturated carbocycles. The molecule has 0 bridgehead atoms. The van der Waals surface area contributed by atoms with Gasteiger partial charge in [0.15, 0.2) is 5.82 Å². The van der Waals surface area contributed by atoms with E-state index in [0.717, 1.165) is 27.9 Å². The number of alkyl halides is 1. The second-order valence-electron chi connectivity index (χ2n) is 8.73. The average Bonchev–Trinajstić information content (AvgIpc) is 3.41. The molecule has 8 nitrogen and oxygen atoms in total. The molecule has 2 atom stereocenters. The number of halogens is 1. The Morgan fingerprint density at radius 2 is 2.15 bits per heavy atom. The van der Waals surface area contributed by atoms with Crippen molar-refractivity contribution in [3.63, 3.8) is 0 Å². The fraction of sp³-hybridized carbons (Fsp3) is 0.375. The van der Waals surface area contributed by atoms with E-state index in [1.165, 1.54) is 6.20 Å². The van der Waals surface area contributed by atoms with Gasteiger partial charge in [-0.1, -0.05) is 11.3 Å². The second kappa shape index (κ2) is 8.37. The average molecular weight is 446 g/mol. The molecule has 5 rings (SSSR count). The van der Waals surface area contributed by atoms with Crippen LogP contribution in [0, 0.1) is 25.2 Å². The first-order valence-corrected chi connectivity index (χ1v) is 10.9. The summed E-state index contributed by atoms with van der Waals surface area (Å²) in [6.07, 6.45) is 2.81. The number of likely N-dealkylation sites (tertiary alicyclic amines) is 1. The molecule has 3 aromatic rings. The topological polar surface area (TPSA) is 96.9 Å². The number of rotatable bonds is 4. The highest BCUT2D eigenvalue weighted by Crippen LogP contribution is 2.35. The molecule has 2 aromatic heterocycles. The van der Waals surface area contributed by atoms with E-state index < -0.39 is 6.17 Å². The molecule has 0 spiro atoms. The van der Waals surface area contributed by atoms with Crippen LogP contribution in [0.2, 0.25) is 0 Å². The molecule has 0 N–H and O–H groups in total. The summed E-state index contributed by atoms with van der Waals surface area (Å²) in [5.41, 5.74) is 5.67. The third kappa shape index (κ3) is 3.98. The molecule has 1 fully saturated rings. The van der Waals surface area contributed by atoms with Gasteiger partial charge in [-0.15, -0.1) is 5.10 Å². The highest BCUT2D eigenvalue weighted by molar-refractivity contribution is 5.94. The predicted octanol–water partition coefficient (Wildman–Crippen LogP) is 3.15. The largest absolute Gasteiger partial charge is 0.457 e. The summed E-state index contributed by atoms with van der Waals surface area (Å²) >= 11 is 0. The standard InChI is InChI=1S/C24H23FN6O2/c1-14-5-23(27-8-17(14)7-26)31-12-19(28-29-31)11-30-9-16(6-18(25)10-30)20-3-4-21-22(15(20)2)13-33-24(21)32/h3-5,8,12,16,18H,6,9-11,13H2,1-2H3. The van der Waals surface area contributed by atoms with Crippen LogP contribution in [0.3, 0.4) is 0 Å². The summed E-state index contributed by atoms with van der Waals surface area (Å²) in [6, 6.07) is 7.63. The van der Waals surface area contributed by atoms with Crippen molar-refractivity contribution in [2.75, 3.05) is 13.1 Å². The number of fused-ring (bicyclic) bond motifs is 1. The van der Waals surface area contributed by atoms with E-state index in [1.54, 1.807) is 23.0 Å². The van der Waals surface area contributed by atoms with Gasteiger partial charge in [0.1, 0.15) is 18.8 Å². The Morgan fingerprint density at radius 3 is 2.94 bits per heavy atom. The summed E-state index contributed by atoms with van der Waals surface area (Å²) in [7, 11) is 0. The van der Waals surface area contributed by atoms with Crippen LogP contribution in [-0.4, -0.2) is 50.1 Å². The maximum Gasteiger partial charge on any atom is 0.338 e. The third-order valence-electron chi connectivity index (χ3n) is 6.50. The first-order chi connectivity index (χ1) is 15.9. The summed E-state index contributed by atoms with van der Waals surface area (Å²) in [4.78, 5) is 18.2. The van der Waals surface area contributed by atoms with Crippen molar-refractivity contribution in [1.29, 1.82) is 5.26 Å². The minimum absolute atomic E-state index is 0.0210. The number of carbonyl (C=O) groups excluding carboxylic acids is 1. The van der Waals surface area contributed by atoms with Crippen molar-refractivity contribution >= 4 is 5.97 Å². The lowest BCUT2D eigenvalue weighted by Gasteiger charge is -2.35. The van der Waals surface area contributed by atoms with Gasteiger partial charge in [-0.25, -0.2) is 18.9 Å². The van der Waals surface area contributed by atoms with Crippen molar-refractivity contribution in [3.05, 3.63) is 69.7 Å². The first-order valence-electron chi connectivity index (χ1n) is 10.9. The van der Waals surface area contributed by atoms with E-state index >= 15 is 0 Å². The van der Waals surface area contributed by atoms with Crippen molar-refractivity contribution in [2.45, 2.75) is 45.5 Å². The number of pyridine rings is 1. The monoisotopic (exact) mass is 446 g/mol. The van der Waals surface area contributed by atoms with E-state index in [1.807, 2.05) is 19.9 Å². The lowest BCUT2D eigenvalue weighted by molar-refractivity contribution is 0.0535. The summed E-state index contributed by atoms with van der Waals surface area (Å²) in [6.45, 7) is 5.62. The fourth-order valence-corrected chi connectivity index (χ4v) is 4.78. The number of hydrogen-bond acceptors (Lipinski definition) is 7. The van der Waals surface area contributed by atoms with Gasteiger partial charge in [-0.3, -0.25) is 4.90 Å². The smallest absolute Gasteiger partial charge is 0.338 e. The maximum atomic E-state index is 14.7. The second-order valence-corrected chi connectivity index (χ2v) is 8.73. The Morgan fingerprint density at radius 1 is 1.30 bits per heavy atom. The zero-order valence-corrected chi connectivity index (χ0v) is 18.5. The van der Waals surface area contributed by atoms with E-state index in [2.05, 4.69) is 26.3 Å². The van der Waals surface area contributed by atoms with Crippen LogP contribution >= 0.6 is 0 Å². The number of aromatic nitrogens is 4. The van der Waals surface area contributed by atoms with Gasteiger partial charge in [-0.2, -0.15) is 5.26 Å². The number of ether oxygens (including phenoxy) is 1. The van der Waals surface area contributed by atoms with Gasteiger partial charge in [0.05, 0.1) is 23.0 Å². The molecule has 0 aliphatic carbocycles. The van der Waals surface area contributed by atoms with E-state index in [9.17, 15) is 9.18 Å². The summed E-state index contributed by atoms with van der Waals surface area (Å²) in [5.74, 6) is 0.312. The molecular weight excluding hydrogens is 423 g/mol. The Bertz CT molecular complexity index is 1280. The number of carbonyl (C=O) groups is 1. The van der Waals surface area contributed by atoms with Crippen LogP contribution in [0.25, 0.3) is 5.82 Å². The van der Waals surface area contributed by atoms with Gasteiger partial charge in [0, 0.05) is 31.4 Å². The molecular formula is C24H23FN6O2.